The van der Waals surface area contributed by atoms with Crippen molar-refractivity contribution in [3.05, 3.63) is 0 Å². The minimum atomic E-state index is -3.47. The molecule has 1 heterocycles. The molecule has 1 saturated carbocycles. The van der Waals surface area contributed by atoms with Crippen LogP contribution in [0.2, 0.25) is 0 Å². The number of carbonyl (C=O) groups excluding carboxylic acids is 1. The third-order valence-corrected chi connectivity index (χ3v) is 6.98. The Morgan fingerprint density at radius 2 is 1.95 bits per heavy atom. The van der Waals surface area contributed by atoms with E-state index < -0.39 is 27.2 Å². The molecule has 20 heavy (non-hydrogen) atoms. The Bertz CT molecular complexity index is 451. The molecule has 116 valence electrons. The van der Waals surface area contributed by atoms with Crippen LogP contribution in [0.4, 0.5) is 0 Å². The zero-order valence-electron chi connectivity index (χ0n) is 12.0. The van der Waals surface area contributed by atoms with Crippen LogP contribution in [-0.4, -0.2) is 50.2 Å². The van der Waals surface area contributed by atoms with E-state index in [1.54, 1.807) is 0 Å². The van der Waals surface area contributed by atoms with Gasteiger partial charge in [0.25, 0.3) is 0 Å². The number of nitrogens with two attached hydrogens (primary N) is 1. The van der Waals surface area contributed by atoms with Crippen molar-refractivity contribution in [1.29, 1.82) is 0 Å². The zero-order valence-corrected chi connectivity index (χ0v) is 12.8. The summed E-state index contributed by atoms with van der Waals surface area (Å²) in [5, 5.41) is -0.643. The summed E-state index contributed by atoms with van der Waals surface area (Å²) in [6.07, 6.45) is 4.51. The van der Waals surface area contributed by atoms with Gasteiger partial charge in [0, 0.05) is 19.1 Å². The fourth-order valence-corrected chi connectivity index (χ4v) is 5.89. The first kappa shape index (κ1) is 15.7. The molecule has 0 radical (unpaired) electrons. The molecular formula is C13H24N2O4S. The van der Waals surface area contributed by atoms with Gasteiger partial charge in [0.05, 0.1) is 18.3 Å². The highest BCUT2D eigenvalue weighted by Gasteiger charge is 2.45. The number of carbonyl (C=O) groups is 1. The third-order valence-electron chi connectivity index (χ3n) is 4.51. The fraction of sp³-hybridized carbons (Fsp3) is 0.923. The highest BCUT2D eigenvalue weighted by molar-refractivity contribution is 7.89. The van der Waals surface area contributed by atoms with Gasteiger partial charge in [-0.15, -0.1) is 0 Å². The van der Waals surface area contributed by atoms with Gasteiger partial charge < -0.3 is 10.5 Å². The molecule has 0 amide bonds. The van der Waals surface area contributed by atoms with Crippen molar-refractivity contribution in [1.82, 2.24) is 4.31 Å². The summed E-state index contributed by atoms with van der Waals surface area (Å²) in [6, 6.07) is -0.111. The molecule has 3 unspecified atom stereocenters. The molecule has 1 aliphatic heterocycles. The number of ether oxygens (including phenoxy) is 1. The lowest BCUT2D eigenvalue weighted by Gasteiger charge is -2.34. The maximum Gasteiger partial charge on any atom is 0.310 e. The van der Waals surface area contributed by atoms with Gasteiger partial charge in [-0.05, 0) is 25.7 Å². The first-order chi connectivity index (χ1) is 9.52. The highest BCUT2D eigenvalue weighted by Crippen LogP contribution is 2.34. The lowest BCUT2D eigenvalue weighted by atomic mass is 9.89. The van der Waals surface area contributed by atoms with Crippen molar-refractivity contribution in [3.8, 4) is 0 Å². The molecule has 1 aliphatic carbocycles. The van der Waals surface area contributed by atoms with Crippen LogP contribution >= 0.6 is 0 Å². The SMILES string of the molecule is COC(=O)C1CCCCC1S(=O)(=O)N1CCCC1CN. The second kappa shape index (κ2) is 6.41. The van der Waals surface area contributed by atoms with Crippen LogP contribution in [-0.2, 0) is 19.6 Å². The number of esters is 1. The van der Waals surface area contributed by atoms with E-state index in [-0.39, 0.29) is 6.04 Å². The van der Waals surface area contributed by atoms with Crippen LogP contribution in [0.5, 0.6) is 0 Å². The Balaban J connectivity index is 2.24. The van der Waals surface area contributed by atoms with Crippen LogP contribution in [0.3, 0.4) is 0 Å². The summed E-state index contributed by atoms with van der Waals surface area (Å²) >= 11 is 0. The van der Waals surface area contributed by atoms with Gasteiger partial charge in [0.15, 0.2) is 0 Å². The van der Waals surface area contributed by atoms with Crippen LogP contribution in [0, 0.1) is 5.92 Å². The van der Waals surface area contributed by atoms with Gasteiger partial charge in [-0.2, -0.15) is 4.31 Å². The second-order valence-electron chi connectivity index (χ2n) is 5.64. The third kappa shape index (κ3) is 2.84. The molecule has 0 aromatic rings. The van der Waals surface area contributed by atoms with Crippen molar-refractivity contribution in [3.63, 3.8) is 0 Å². The van der Waals surface area contributed by atoms with Gasteiger partial charge in [-0.25, -0.2) is 8.42 Å². The standard InChI is InChI=1S/C13H24N2O4S/c1-19-13(16)11-6-2-3-7-12(11)20(17,18)15-8-4-5-10(15)9-14/h10-12H,2-9,14H2,1H3. The van der Waals surface area contributed by atoms with Crippen LogP contribution in [0.15, 0.2) is 0 Å². The first-order valence-corrected chi connectivity index (χ1v) is 8.81. The number of methoxy groups -OCH3 is 1. The molecule has 2 rings (SSSR count). The molecule has 7 heteroatoms. The summed E-state index contributed by atoms with van der Waals surface area (Å²) < 4.78 is 32.0. The van der Waals surface area contributed by atoms with E-state index in [0.29, 0.717) is 25.9 Å². The molecule has 0 aromatic carbocycles. The quantitative estimate of drug-likeness (QED) is 0.763. The summed E-state index contributed by atoms with van der Waals surface area (Å²) in [7, 11) is -2.16. The number of hydrogen-bond acceptors (Lipinski definition) is 5. The summed E-state index contributed by atoms with van der Waals surface area (Å²) in [6.45, 7) is 0.865. The lowest BCUT2D eigenvalue weighted by Crippen LogP contribution is -2.49. The van der Waals surface area contributed by atoms with Gasteiger partial charge in [0.1, 0.15) is 0 Å². The minimum Gasteiger partial charge on any atom is -0.469 e. The monoisotopic (exact) mass is 304 g/mol. The van der Waals surface area contributed by atoms with E-state index in [9.17, 15) is 13.2 Å². The van der Waals surface area contributed by atoms with Crippen LogP contribution < -0.4 is 5.73 Å². The molecule has 2 N–H and O–H groups in total. The molecular weight excluding hydrogens is 280 g/mol. The Kier molecular flexibility index (Phi) is 5.04. The number of sulfonamides is 1. The second-order valence-corrected chi connectivity index (χ2v) is 7.74. The van der Waals surface area contributed by atoms with Crippen molar-refractivity contribution in [2.45, 2.75) is 49.8 Å². The molecule has 6 nitrogen and oxygen atoms in total. The Hall–Kier alpha value is -0.660. The summed E-state index contributed by atoms with van der Waals surface area (Å²) in [5.41, 5.74) is 5.67. The number of rotatable bonds is 4. The topological polar surface area (TPSA) is 89.7 Å². The van der Waals surface area contributed by atoms with Gasteiger partial charge in [-0.1, -0.05) is 12.8 Å². The minimum absolute atomic E-state index is 0.111. The Labute approximate surface area is 120 Å². The van der Waals surface area contributed by atoms with Crippen molar-refractivity contribution in [2.75, 3.05) is 20.2 Å². The van der Waals surface area contributed by atoms with Gasteiger partial charge >= 0.3 is 5.97 Å². The molecule has 0 spiro atoms. The first-order valence-electron chi connectivity index (χ1n) is 7.31. The van der Waals surface area contributed by atoms with Crippen molar-refractivity contribution < 1.29 is 17.9 Å². The Morgan fingerprint density at radius 3 is 2.60 bits per heavy atom. The van der Waals surface area contributed by atoms with E-state index in [0.717, 1.165) is 25.7 Å². The number of hydrogen-bond donors (Lipinski definition) is 1. The Morgan fingerprint density at radius 1 is 1.25 bits per heavy atom. The highest BCUT2D eigenvalue weighted by atomic mass is 32.2. The average Bonchev–Trinajstić information content (AvgIpc) is 2.95. The predicted octanol–water partition coefficient (Wildman–Crippen LogP) is 0.471. The van der Waals surface area contributed by atoms with E-state index in [1.165, 1.54) is 11.4 Å². The largest absolute Gasteiger partial charge is 0.469 e. The van der Waals surface area contributed by atoms with Crippen LogP contribution in [0.25, 0.3) is 0 Å². The predicted molar refractivity (Wildman–Crippen MR) is 75.5 cm³/mol. The molecule has 1 saturated heterocycles. The lowest BCUT2D eigenvalue weighted by molar-refractivity contribution is -0.146. The fourth-order valence-electron chi connectivity index (χ4n) is 3.43. The van der Waals surface area contributed by atoms with E-state index in [1.807, 2.05) is 0 Å². The van der Waals surface area contributed by atoms with E-state index >= 15 is 0 Å². The molecule has 0 bridgehead atoms. The van der Waals surface area contributed by atoms with E-state index in [2.05, 4.69) is 0 Å². The van der Waals surface area contributed by atoms with E-state index in [4.69, 9.17) is 10.5 Å². The smallest absolute Gasteiger partial charge is 0.310 e. The molecule has 0 aromatic heterocycles. The maximum atomic E-state index is 12.9. The average molecular weight is 304 g/mol. The summed E-state index contributed by atoms with van der Waals surface area (Å²) in [5.74, 6) is -0.931. The molecule has 2 aliphatic rings. The van der Waals surface area contributed by atoms with Crippen molar-refractivity contribution >= 4 is 16.0 Å². The normalized spacial score (nSPS) is 32.2. The number of nitrogens with zero attached hydrogens (tertiary/aromatic N) is 1. The maximum absolute atomic E-state index is 12.9. The van der Waals surface area contributed by atoms with Crippen molar-refractivity contribution in [2.24, 2.45) is 11.7 Å². The molecule has 3 atom stereocenters. The van der Waals surface area contributed by atoms with Gasteiger partial charge in [-0.3, -0.25) is 4.79 Å². The van der Waals surface area contributed by atoms with Gasteiger partial charge in [0.2, 0.25) is 10.0 Å². The van der Waals surface area contributed by atoms with Crippen LogP contribution in [0.1, 0.15) is 38.5 Å². The zero-order chi connectivity index (χ0) is 14.8. The molecule has 2 fully saturated rings. The summed E-state index contributed by atoms with van der Waals surface area (Å²) in [4.78, 5) is 11.9.